The van der Waals surface area contributed by atoms with Crippen LogP contribution in [-0.2, 0) is 0 Å². The van der Waals surface area contributed by atoms with Crippen molar-refractivity contribution in [2.45, 2.75) is 32.0 Å². The minimum Gasteiger partial charge on any atom is -0.369 e. The van der Waals surface area contributed by atoms with Crippen LogP contribution in [0.15, 0.2) is 11.8 Å². The first kappa shape index (κ1) is 6.20. The molecule has 0 saturated carbocycles. The molecule has 10 heavy (non-hydrogen) atoms. The van der Waals surface area contributed by atoms with Crippen molar-refractivity contribution in [1.82, 2.24) is 4.90 Å². The molecule has 0 unspecified atom stereocenters. The van der Waals surface area contributed by atoms with Crippen LogP contribution >= 0.6 is 0 Å². The Hall–Kier alpha value is -0.530. The molecule has 2 aliphatic rings. The summed E-state index contributed by atoms with van der Waals surface area (Å²) in [5.41, 5.74) is 1.24. The van der Waals surface area contributed by atoms with Gasteiger partial charge in [0, 0.05) is 24.7 Å². The number of rotatable bonds is 0. The summed E-state index contributed by atoms with van der Waals surface area (Å²) in [6.07, 6.45) is 3.34. The van der Waals surface area contributed by atoms with Crippen LogP contribution < -0.4 is 0 Å². The maximum absolute atomic E-state index is 12.7. The van der Waals surface area contributed by atoms with Gasteiger partial charge in [0.2, 0.25) is 0 Å². The van der Waals surface area contributed by atoms with Crippen molar-refractivity contribution < 1.29 is 4.39 Å². The van der Waals surface area contributed by atoms with Crippen molar-refractivity contribution in [2.24, 2.45) is 0 Å². The van der Waals surface area contributed by atoms with Crippen LogP contribution in [-0.4, -0.2) is 23.7 Å². The lowest BCUT2D eigenvalue weighted by atomic mass is 10.2. The van der Waals surface area contributed by atoms with Gasteiger partial charge < -0.3 is 4.90 Å². The van der Waals surface area contributed by atoms with E-state index in [1.54, 1.807) is 0 Å². The summed E-state index contributed by atoms with van der Waals surface area (Å²) in [4.78, 5) is 2.19. The molecule has 2 atom stereocenters. The van der Waals surface area contributed by atoms with Crippen molar-refractivity contribution in [3.8, 4) is 0 Å². The summed E-state index contributed by atoms with van der Waals surface area (Å²) in [5.74, 6) is 0. The van der Waals surface area contributed by atoms with Crippen LogP contribution in [0.3, 0.4) is 0 Å². The lowest BCUT2D eigenvalue weighted by Crippen LogP contribution is -2.25. The second-order valence-electron chi connectivity index (χ2n) is 3.23. The highest BCUT2D eigenvalue weighted by Gasteiger charge is 2.32. The predicted molar refractivity (Wildman–Crippen MR) is 38.4 cm³/mol. The molecule has 1 saturated heterocycles. The first-order valence-electron chi connectivity index (χ1n) is 3.87. The van der Waals surface area contributed by atoms with Gasteiger partial charge in [0.05, 0.1) is 0 Å². The van der Waals surface area contributed by atoms with Crippen molar-refractivity contribution in [3.63, 3.8) is 0 Å². The summed E-state index contributed by atoms with van der Waals surface area (Å²) in [7, 11) is 0. The number of hydrogen-bond donors (Lipinski definition) is 0. The monoisotopic (exact) mass is 141 g/mol. The molecule has 0 amide bonds. The largest absolute Gasteiger partial charge is 0.369 e. The number of nitrogens with zero attached hydrogens (tertiary/aromatic N) is 1. The third kappa shape index (κ3) is 0.746. The molecule has 0 aromatic heterocycles. The highest BCUT2D eigenvalue weighted by molar-refractivity contribution is 5.16. The van der Waals surface area contributed by atoms with E-state index in [-0.39, 0.29) is 0 Å². The second-order valence-corrected chi connectivity index (χ2v) is 3.23. The van der Waals surface area contributed by atoms with Gasteiger partial charge in [-0.05, 0) is 13.3 Å². The molecule has 2 heteroatoms. The van der Waals surface area contributed by atoms with E-state index >= 15 is 0 Å². The van der Waals surface area contributed by atoms with E-state index in [1.165, 1.54) is 5.70 Å². The van der Waals surface area contributed by atoms with E-state index in [4.69, 9.17) is 0 Å². The minimum atomic E-state index is -0.603. The standard InChI is InChI=1S/C8H12FN/c1-6-2-3-8-4-7(9)5-10(6)8/h3,6-7H,2,4-5H2,1H3/t6-,7+/m0/s1. The summed E-state index contributed by atoms with van der Waals surface area (Å²) in [6, 6.07) is 0.552. The molecule has 0 N–H and O–H groups in total. The zero-order valence-corrected chi connectivity index (χ0v) is 6.18. The second kappa shape index (κ2) is 1.97. The fourth-order valence-electron chi connectivity index (χ4n) is 1.84. The highest BCUT2D eigenvalue weighted by atomic mass is 19.1. The minimum absolute atomic E-state index is 0.552. The van der Waals surface area contributed by atoms with E-state index in [0.717, 1.165) is 6.42 Å². The maximum atomic E-state index is 12.7. The van der Waals surface area contributed by atoms with Gasteiger partial charge in [-0.2, -0.15) is 0 Å². The van der Waals surface area contributed by atoms with Crippen LogP contribution in [0.5, 0.6) is 0 Å². The Morgan fingerprint density at radius 3 is 3.20 bits per heavy atom. The average molecular weight is 141 g/mol. The number of halogens is 1. The molecular formula is C8H12FN. The molecule has 56 valence electrons. The van der Waals surface area contributed by atoms with Crippen LogP contribution in [0.1, 0.15) is 19.8 Å². The summed E-state index contributed by atoms with van der Waals surface area (Å²) < 4.78 is 12.7. The zero-order chi connectivity index (χ0) is 7.14. The molecule has 2 rings (SSSR count). The van der Waals surface area contributed by atoms with E-state index in [2.05, 4.69) is 17.9 Å². The molecule has 0 bridgehead atoms. The van der Waals surface area contributed by atoms with Gasteiger partial charge in [-0.3, -0.25) is 0 Å². The van der Waals surface area contributed by atoms with Gasteiger partial charge in [0.1, 0.15) is 6.17 Å². The molecule has 0 spiro atoms. The SMILES string of the molecule is C[C@H]1CC=C2C[C@@H](F)CN21. The van der Waals surface area contributed by atoms with Gasteiger partial charge in [-0.15, -0.1) is 0 Å². The van der Waals surface area contributed by atoms with Gasteiger partial charge in [-0.1, -0.05) is 6.08 Å². The normalized spacial score (nSPS) is 38.2. The van der Waals surface area contributed by atoms with Crippen molar-refractivity contribution >= 4 is 0 Å². The van der Waals surface area contributed by atoms with E-state index in [1.807, 2.05) is 0 Å². The quantitative estimate of drug-likeness (QED) is 0.496. The lowest BCUT2D eigenvalue weighted by molar-refractivity contribution is 0.269. The van der Waals surface area contributed by atoms with Crippen LogP contribution in [0.2, 0.25) is 0 Å². The van der Waals surface area contributed by atoms with E-state index < -0.39 is 6.17 Å². The van der Waals surface area contributed by atoms with Crippen LogP contribution in [0.4, 0.5) is 4.39 Å². The smallest absolute Gasteiger partial charge is 0.123 e. The fourth-order valence-corrected chi connectivity index (χ4v) is 1.84. The third-order valence-electron chi connectivity index (χ3n) is 2.42. The fraction of sp³-hybridized carbons (Fsp3) is 0.750. The Bertz CT molecular complexity index is 176. The summed E-state index contributed by atoms with van der Waals surface area (Å²) in [5, 5.41) is 0. The molecule has 0 aliphatic carbocycles. The molecule has 0 aromatic rings. The van der Waals surface area contributed by atoms with Gasteiger partial charge in [-0.25, -0.2) is 4.39 Å². The molecule has 1 nitrogen and oxygen atoms in total. The Labute approximate surface area is 60.5 Å². The summed E-state index contributed by atoms with van der Waals surface area (Å²) in [6.45, 7) is 2.79. The number of alkyl halides is 1. The topological polar surface area (TPSA) is 3.24 Å². The zero-order valence-electron chi connectivity index (χ0n) is 6.18. The molecule has 1 fully saturated rings. The Morgan fingerprint density at radius 2 is 2.50 bits per heavy atom. The summed E-state index contributed by atoms with van der Waals surface area (Å²) >= 11 is 0. The maximum Gasteiger partial charge on any atom is 0.123 e. The van der Waals surface area contributed by atoms with E-state index in [9.17, 15) is 4.39 Å². The first-order valence-corrected chi connectivity index (χ1v) is 3.87. The predicted octanol–water partition coefficient (Wildman–Crippen LogP) is 1.71. The van der Waals surface area contributed by atoms with Gasteiger partial charge >= 0.3 is 0 Å². The van der Waals surface area contributed by atoms with E-state index in [0.29, 0.717) is 19.0 Å². The Morgan fingerprint density at radius 1 is 1.70 bits per heavy atom. The highest BCUT2D eigenvalue weighted by Crippen LogP contribution is 2.32. The molecule has 2 aliphatic heterocycles. The molecule has 0 radical (unpaired) electrons. The van der Waals surface area contributed by atoms with Crippen molar-refractivity contribution in [1.29, 1.82) is 0 Å². The Kier molecular flexibility index (Phi) is 1.22. The number of allylic oxidation sites excluding steroid dienone is 1. The number of fused-ring (bicyclic) bond motifs is 1. The number of hydrogen-bond acceptors (Lipinski definition) is 1. The molecule has 2 heterocycles. The molecule has 0 aromatic carbocycles. The van der Waals surface area contributed by atoms with Crippen molar-refractivity contribution in [2.75, 3.05) is 6.54 Å². The Balaban J connectivity index is 2.16. The molecular weight excluding hydrogens is 129 g/mol. The lowest BCUT2D eigenvalue weighted by Gasteiger charge is -2.19. The third-order valence-corrected chi connectivity index (χ3v) is 2.42. The first-order chi connectivity index (χ1) is 4.77. The van der Waals surface area contributed by atoms with Crippen LogP contribution in [0, 0.1) is 0 Å². The van der Waals surface area contributed by atoms with Crippen molar-refractivity contribution in [3.05, 3.63) is 11.8 Å². The van der Waals surface area contributed by atoms with Crippen LogP contribution in [0.25, 0.3) is 0 Å². The van der Waals surface area contributed by atoms with Gasteiger partial charge in [0.25, 0.3) is 0 Å². The van der Waals surface area contributed by atoms with Gasteiger partial charge in [0.15, 0.2) is 0 Å². The average Bonchev–Trinajstić information content (AvgIpc) is 2.35.